The molecule has 9 nitrogen and oxygen atoms in total. The first-order valence-corrected chi connectivity index (χ1v) is 3.49. The number of hydrogen-bond acceptors (Lipinski definition) is 6. The second kappa shape index (κ2) is 17.6. The summed E-state index contributed by atoms with van der Waals surface area (Å²) in [4.78, 5) is 31.2. The van der Waals surface area contributed by atoms with Gasteiger partial charge in [0.05, 0.1) is 19.6 Å². The molecule has 0 aliphatic heterocycles. The first-order valence-electron chi connectivity index (χ1n) is 3.49. The molecule has 88 valence electrons. The normalized spacial score (nSPS) is 7.94. The second-order valence-corrected chi connectivity index (χ2v) is 2.33. The molecule has 11 heteroatoms. The maximum Gasteiger partial charge on any atom is 1.00 e. The molecular weight excluding hydrogens is 292 g/mol. The van der Waals surface area contributed by atoms with E-state index in [-0.39, 0.29) is 103 Å². The van der Waals surface area contributed by atoms with Gasteiger partial charge in [0.1, 0.15) is 0 Å². The van der Waals surface area contributed by atoms with E-state index in [1.807, 2.05) is 0 Å². The molecule has 0 amide bonds. The summed E-state index contributed by atoms with van der Waals surface area (Å²) in [5, 5.41) is 36.8. The third-order valence-corrected chi connectivity index (χ3v) is 1.08. The Kier molecular flexibility index (Phi) is 27.9. The Morgan fingerprint density at radius 1 is 0.706 bits per heavy atom. The molecule has 0 unspecified atom stereocenters. The number of nitrogens with zero attached hydrogens (tertiary/aromatic N) is 1. The maximum atomic E-state index is 10.1. The number of hydrogen-bond donors (Lipinski definition) is 5. The van der Waals surface area contributed by atoms with Gasteiger partial charge in [0.15, 0.2) is 0 Å². The molecule has 0 heterocycles. The largest absolute Gasteiger partial charge is 1.00 e. The van der Waals surface area contributed by atoms with E-state index in [1.54, 1.807) is 0 Å². The average Bonchev–Trinajstić information content (AvgIpc) is 2.03. The van der Waals surface area contributed by atoms with Gasteiger partial charge >= 0.3 is 121 Å². The van der Waals surface area contributed by atoms with E-state index < -0.39 is 37.5 Å². The third kappa shape index (κ3) is 23.1. The van der Waals surface area contributed by atoms with E-state index >= 15 is 0 Å². The maximum absolute atomic E-state index is 10.1. The molecular formula is C6H11K2NO8+2. The van der Waals surface area contributed by atoms with Gasteiger partial charge < -0.3 is 15.3 Å². The van der Waals surface area contributed by atoms with Crippen molar-refractivity contribution in [1.82, 2.24) is 4.90 Å². The fraction of sp³-hybridized carbons (Fsp3) is 0.500. The van der Waals surface area contributed by atoms with Crippen LogP contribution >= 0.6 is 0 Å². The molecule has 17 heavy (non-hydrogen) atoms. The van der Waals surface area contributed by atoms with Crippen LogP contribution in [0.2, 0.25) is 0 Å². The molecule has 0 aliphatic rings. The van der Waals surface area contributed by atoms with E-state index in [0.717, 1.165) is 4.90 Å². The van der Waals surface area contributed by atoms with Gasteiger partial charge in [-0.25, -0.2) is 0 Å². The summed E-state index contributed by atoms with van der Waals surface area (Å²) in [6, 6.07) is 0. The smallest absolute Gasteiger partial charge is 0.480 e. The molecule has 5 N–H and O–H groups in total. The van der Waals surface area contributed by atoms with Crippen molar-refractivity contribution in [3.63, 3.8) is 0 Å². The Bertz CT molecular complexity index is 198. The predicted octanol–water partition coefficient (Wildman–Crippen LogP) is -7.43. The van der Waals surface area contributed by atoms with Gasteiger partial charge in [-0.05, 0) is 0 Å². The van der Waals surface area contributed by atoms with Crippen LogP contribution in [0.1, 0.15) is 0 Å². The van der Waals surface area contributed by atoms with E-state index in [9.17, 15) is 14.4 Å². The zero-order valence-corrected chi connectivity index (χ0v) is 15.8. The van der Waals surface area contributed by atoms with Crippen LogP contribution in [0.25, 0.3) is 0 Å². The fourth-order valence-electron chi connectivity index (χ4n) is 0.742. The minimum atomic E-state index is -1.26. The summed E-state index contributed by atoms with van der Waals surface area (Å²) in [5.41, 5.74) is 0. The molecule has 0 aromatic rings. The zero-order chi connectivity index (χ0) is 12.4. The number of rotatable bonds is 6. The van der Waals surface area contributed by atoms with Crippen molar-refractivity contribution in [3.05, 3.63) is 0 Å². The summed E-state index contributed by atoms with van der Waals surface area (Å²) in [7, 11) is 0. The van der Waals surface area contributed by atoms with Crippen LogP contribution < -0.4 is 103 Å². The van der Waals surface area contributed by atoms with E-state index in [1.165, 1.54) is 0 Å². The minimum Gasteiger partial charge on any atom is -0.480 e. The molecule has 0 fully saturated rings. The quantitative estimate of drug-likeness (QED) is 0.183. The van der Waals surface area contributed by atoms with E-state index in [0.29, 0.717) is 0 Å². The van der Waals surface area contributed by atoms with E-state index in [2.05, 4.69) is 0 Å². The Morgan fingerprint density at radius 3 is 1.00 bits per heavy atom. The molecule has 0 radical (unpaired) electrons. The molecule has 0 spiro atoms. The second-order valence-electron chi connectivity index (χ2n) is 2.33. The van der Waals surface area contributed by atoms with Gasteiger partial charge in [0.25, 0.3) is 0 Å². The Morgan fingerprint density at radius 2 is 0.882 bits per heavy atom. The topological polar surface area (TPSA) is 156 Å². The van der Waals surface area contributed by atoms with Gasteiger partial charge in [-0.2, -0.15) is 0 Å². The minimum absolute atomic E-state index is 0. The van der Waals surface area contributed by atoms with Crippen LogP contribution in [0.5, 0.6) is 0 Å². The monoisotopic (exact) mass is 303 g/mol. The van der Waals surface area contributed by atoms with Crippen LogP contribution in [0.15, 0.2) is 0 Å². The van der Waals surface area contributed by atoms with Gasteiger partial charge in [-0.1, -0.05) is 0 Å². The average molecular weight is 303 g/mol. The molecule has 0 saturated carbocycles. The Labute approximate surface area is 182 Å². The summed E-state index contributed by atoms with van der Waals surface area (Å²) in [6.07, 6.45) is 0. The van der Waals surface area contributed by atoms with E-state index in [4.69, 9.17) is 25.8 Å². The standard InChI is InChI=1S/C6H9NO6.2K.H2O2/c8-4(9)1-7(2-5(10)11)3-6(12)13;;;1-2/h1-3H2,(H,8,9)(H,10,11)(H,12,13);;;1-2H/q;2*+1;. The molecule has 0 rings (SSSR count). The molecule has 0 aromatic carbocycles. The summed E-state index contributed by atoms with van der Waals surface area (Å²) >= 11 is 0. The Hall–Kier alpha value is 1.56. The van der Waals surface area contributed by atoms with Crippen molar-refractivity contribution in [3.8, 4) is 0 Å². The van der Waals surface area contributed by atoms with Crippen molar-refractivity contribution in [2.24, 2.45) is 0 Å². The molecule has 0 saturated heterocycles. The Balaban J connectivity index is -0.000000199. The van der Waals surface area contributed by atoms with Gasteiger partial charge in [0, 0.05) is 0 Å². The summed E-state index contributed by atoms with van der Waals surface area (Å²) in [5.74, 6) is -3.78. The number of carboxylic acid groups (broad SMARTS) is 3. The van der Waals surface area contributed by atoms with Crippen LogP contribution in [0.3, 0.4) is 0 Å². The van der Waals surface area contributed by atoms with Crippen molar-refractivity contribution in [2.75, 3.05) is 19.6 Å². The van der Waals surface area contributed by atoms with Gasteiger partial charge in [0.2, 0.25) is 0 Å². The number of carboxylic acids is 3. The van der Waals surface area contributed by atoms with Gasteiger partial charge in [-0.3, -0.25) is 29.8 Å². The van der Waals surface area contributed by atoms with Crippen molar-refractivity contribution < 1.29 is 143 Å². The van der Waals surface area contributed by atoms with Crippen LogP contribution in [0, 0.1) is 0 Å². The zero-order valence-electron chi connectivity index (χ0n) is 9.53. The van der Waals surface area contributed by atoms with Crippen LogP contribution in [-0.2, 0) is 14.4 Å². The number of aliphatic carboxylic acids is 3. The molecule has 0 atom stereocenters. The molecule has 0 aliphatic carbocycles. The molecule has 0 bridgehead atoms. The number of carbonyl (C=O) groups is 3. The first-order chi connectivity index (χ1) is 6.91. The molecule has 0 aromatic heterocycles. The van der Waals surface area contributed by atoms with Crippen molar-refractivity contribution in [1.29, 1.82) is 0 Å². The van der Waals surface area contributed by atoms with Crippen LogP contribution in [0.4, 0.5) is 0 Å². The SMILES string of the molecule is O=C(O)CN(CC(=O)O)CC(=O)O.OO.[K+].[K+]. The third-order valence-electron chi connectivity index (χ3n) is 1.08. The summed E-state index contributed by atoms with van der Waals surface area (Å²) in [6.45, 7) is -1.80. The van der Waals surface area contributed by atoms with Gasteiger partial charge in [-0.15, -0.1) is 0 Å². The predicted molar refractivity (Wildman–Crippen MR) is 44.6 cm³/mol. The first kappa shape index (κ1) is 27.0. The van der Waals surface area contributed by atoms with Crippen LogP contribution in [-0.4, -0.2) is 68.3 Å². The fourth-order valence-corrected chi connectivity index (χ4v) is 0.742. The summed E-state index contributed by atoms with van der Waals surface area (Å²) < 4.78 is 0. The van der Waals surface area contributed by atoms with Crippen molar-refractivity contribution >= 4 is 17.9 Å². The van der Waals surface area contributed by atoms with Crippen molar-refractivity contribution in [2.45, 2.75) is 0 Å².